The van der Waals surface area contributed by atoms with E-state index in [0.717, 1.165) is 38.4 Å². The van der Waals surface area contributed by atoms with Crippen molar-refractivity contribution in [1.82, 2.24) is 25.5 Å². The molecule has 2 aromatic rings. The van der Waals surface area contributed by atoms with Gasteiger partial charge >= 0.3 is 5.97 Å². The zero-order valence-electron chi connectivity index (χ0n) is 12.1. The van der Waals surface area contributed by atoms with Crippen LogP contribution >= 0.6 is 0 Å². The number of esters is 1. The third-order valence-electron chi connectivity index (χ3n) is 3.47. The summed E-state index contributed by atoms with van der Waals surface area (Å²) in [6.07, 6.45) is 0. The number of ether oxygens (including phenoxy) is 2. The lowest BCUT2D eigenvalue weighted by Crippen LogP contribution is -2.38. The summed E-state index contributed by atoms with van der Waals surface area (Å²) in [6, 6.07) is 6.93. The molecule has 0 atom stereocenters. The maximum Gasteiger partial charge on any atom is 0.338 e. The summed E-state index contributed by atoms with van der Waals surface area (Å²) in [6.45, 7) is 4.37. The third kappa shape index (κ3) is 3.66. The van der Waals surface area contributed by atoms with Crippen LogP contribution in [0.1, 0.15) is 10.4 Å². The number of morpholine rings is 1. The molecule has 0 saturated carbocycles. The van der Waals surface area contributed by atoms with Crippen LogP contribution in [0.2, 0.25) is 0 Å². The van der Waals surface area contributed by atoms with Gasteiger partial charge in [-0.05, 0) is 17.3 Å². The lowest BCUT2D eigenvalue weighted by Gasteiger charge is -2.26. The van der Waals surface area contributed by atoms with E-state index in [2.05, 4.69) is 25.5 Å². The first-order valence-electron chi connectivity index (χ1n) is 7.14. The lowest BCUT2D eigenvalue weighted by atomic mass is 10.1. The van der Waals surface area contributed by atoms with Gasteiger partial charge in [-0.1, -0.05) is 12.1 Å². The molecule has 22 heavy (non-hydrogen) atoms. The van der Waals surface area contributed by atoms with E-state index in [-0.39, 0.29) is 5.97 Å². The number of hydrogen-bond acceptors (Lipinski definition) is 7. The molecule has 8 heteroatoms. The third-order valence-corrected chi connectivity index (χ3v) is 3.47. The molecule has 2 heterocycles. The number of rotatable bonds is 5. The van der Waals surface area contributed by atoms with Gasteiger partial charge in [-0.15, -0.1) is 10.2 Å². The lowest BCUT2D eigenvalue weighted by molar-refractivity contribution is 0.0195. The molecule has 3 rings (SSSR count). The number of carbonyl (C=O) groups excluding carboxylic acids is 1. The number of aromatic nitrogens is 4. The number of tetrazole rings is 1. The first-order valence-corrected chi connectivity index (χ1v) is 7.14. The molecule has 0 radical (unpaired) electrons. The predicted octanol–water partition coefficient (Wildman–Crippen LogP) is 0.356. The highest BCUT2D eigenvalue weighted by Gasteiger charge is 2.12. The highest BCUT2D eigenvalue weighted by Crippen LogP contribution is 2.14. The van der Waals surface area contributed by atoms with Crippen LogP contribution in [0.25, 0.3) is 11.4 Å². The standard InChI is InChI=1S/C14H17N5O3/c20-14(22-10-7-19-5-8-21-9-6-19)12-3-1-11(2-4-12)13-15-17-18-16-13/h1-4H,5-10H2,(H,15,16,17,18). The Morgan fingerprint density at radius 3 is 2.73 bits per heavy atom. The van der Waals surface area contributed by atoms with Crippen molar-refractivity contribution in [2.75, 3.05) is 39.5 Å². The van der Waals surface area contributed by atoms with Gasteiger partial charge in [0, 0.05) is 25.2 Å². The number of nitrogens with one attached hydrogen (secondary N) is 1. The molecule has 0 amide bonds. The quantitative estimate of drug-likeness (QED) is 0.797. The summed E-state index contributed by atoms with van der Waals surface area (Å²) in [7, 11) is 0. The molecule has 1 N–H and O–H groups in total. The number of H-pyrrole nitrogens is 1. The van der Waals surface area contributed by atoms with Gasteiger partial charge in [0.1, 0.15) is 6.61 Å². The molecule has 116 valence electrons. The Morgan fingerprint density at radius 2 is 2.05 bits per heavy atom. The highest BCUT2D eigenvalue weighted by molar-refractivity contribution is 5.89. The van der Waals surface area contributed by atoms with Crippen LogP contribution in [0.15, 0.2) is 24.3 Å². The van der Waals surface area contributed by atoms with E-state index in [9.17, 15) is 4.79 Å². The van der Waals surface area contributed by atoms with E-state index < -0.39 is 0 Å². The molecule has 1 aliphatic rings. The Morgan fingerprint density at radius 1 is 1.27 bits per heavy atom. The van der Waals surface area contributed by atoms with Crippen LogP contribution in [0.3, 0.4) is 0 Å². The number of nitrogens with zero attached hydrogens (tertiary/aromatic N) is 4. The second-order valence-corrected chi connectivity index (χ2v) is 4.90. The molecular formula is C14H17N5O3. The van der Waals surface area contributed by atoms with Gasteiger partial charge in [0.2, 0.25) is 5.82 Å². The van der Waals surface area contributed by atoms with Gasteiger partial charge in [-0.25, -0.2) is 4.79 Å². The first kappa shape index (κ1) is 14.6. The normalized spacial score (nSPS) is 15.6. The van der Waals surface area contributed by atoms with Gasteiger partial charge in [-0.3, -0.25) is 4.90 Å². The fraction of sp³-hybridized carbons (Fsp3) is 0.429. The van der Waals surface area contributed by atoms with Gasteiger partial charge in [0.25, 0.3) is 0 Å². The van der Waals surface area contributed by atoms with Gasteiger partial charge in [0.15, 0.2) is 0 Å². The fourth-order valence-electron chi connectivity index (χ4n) is 2.22. The van der Waals surface area contributed by atoms with Crippen molar-refractivity contribution in [2.24, 2.45) is 0 Å². The average Bonchev–Trinajstić information content (AvgIpc) is 3.10. The van der Waals surface area contributed by atoms with Crippen molar-refractivity contribution in [3.05, 3.63) is 29.8 Å². The Hall–Kier alpha value is -2.32. The van der Waals surface area contributed by atoms with Crippen LogP contribution in [-0.4, -0.2) is 70.9 Å². The monoisotopic (exact) mass is 303 g/mol. The zero-order valence-corrected chi connectivity index (χ0v) is 12.1. The minimum atomic E-state index is -0.326. The Bertz CT molecular complexity index is 593. The molecular weight excluding hydrogens is 286 g/mol. The molecule has 1 aromatic carbocycles. The minimum absolute atomic E-state index is 0.326. The predicted molar refractivity (Wildman–Crippen MR) is 77.2 cm³/mol. The maximum atomic E-state index is 12.0. The van der Waals surface area contributed by atoms with E-state index in [1.807, 2.05) is 0 Å². The number of hydrogen-bond donors (Lipinski definition) is 1. The molecule has 8 nitrogen and oxygen atoms in total. The van der Waals surface area contributed by atoms with Crippen LogP contribution in [-0.2, 0) is 9.47 Å². The van der Waals surface area contributed by atoms with Crippen molar-refractivity contribution >= 4 is 5.97 Å². The summed E-state index contributed by atoms with van der Waals surface area (Å²) in [4.78, 5) is 14.2. The summed E-state index contributed by atoms with van der Waals surface area (Å²) in [5.41, 5.74) is 1.30. The van der Waals surface area contributed by atoms with E-state index in [1.54, 1.807) is 24.3 Å². The highest BCUT2D eigenvalue weighted by atomic mass is 16.5. The molecule has 0 bridgehead atoms. The smallest absolute Gasteiger partial charge is 0.338 e. The van der Waals surface area contributed by atoms with Crippen LogP contribution < -0.4 is 0 Å². The zero-order chi connectivity index (χ0) is 15.2. The van der Waals surface area contributed by atoms with Gasteiger partial charge < -0.3 is 9.47 Å². The fourth-order valence-corrected chi connectivity index (χ4v) is 2.22. The summed E-state index contributed by atoms with van der Waals surface area (Å²) < 4.78 is 10.6. The van der Waals surface area contributed by atoms with Crippen LogP contribution in [0.4, 0.5) is 0 Å². The molecule has 1 saturated heterocycles. The second-order valence-electron chi connectivity index (χ2n) is 4.90. The van der Waals surface area contributed by atoms with E-state index in [0.29, 0.717) is 18.0 Å². The van der Waals surface area contributed by atoms with Crippen LogP contribution in [0.5, 0.6) is 0 Å². The van der Waals surface area contributed by atoms with Crippen molar-refractivity contribution in [3.8, 4) is 11.4 Å². The number of benzene rings is 1. The second kappa shape index (κ2) is 7.10. The largest absolute Gasteiger partial charge is 0.461 e. The number of carbonyl (C=O) groups is 1. The molecule has 0 unspecified atom stereocenters. The SMILES string of the molecule is O=C(OCCN1CCOCC1)c1ccc(-c2nn[nH]n2)cc1. The van der Waals surface area contributed by atoms with E-state index in [4.69, 9.17) is 9.47 Å². The molecule has 1 fully saturated rings. The molecule has 1 aliphatic heterocycles. The van der Waals surface area contributed by atoms with E-state index in [1.165, 1.54) is 0 Å². The molecule has 0 aliphatic carbocycles. The summed E-state index contributed by atoms with van der Waals surface area (Å²) in [5, 5.41) is 13.7. The molecule has 0 spiro atoms. The van der Waals surface area contributed by atoms with Gasteiger partial charge in [-0.2, -0.15) is 5.21 Å². The van der Waals surface area contributed by atoms with Crippen molar-refractivity contribution in [1.29, 1.82) is 0 Å². The minimum Gasteiger partial charge on any atom is -0.461 e. The summed E-state index contributed by atoms with van der Waals surface area (Å²) in [5.74, 6) is 0.167. The Labute approximate surface area is 127 Å². The van der Waals surface area contributed by atoms with Crippen LogP contribution in [0, 0.1) is 0 Å². The topological polar surface area (TPSA) is 93.2 Å². The van der Waals surface area contributed by atoms with Crippen molar-refractivity contribution in [2.45, 2.75) is 0 Å². The van der Waals surface area contributed by atoms with Gasteiger partial charge in [0.05, 0.1) is 18.8 Å². The maximum absolute atomic E-state index is 12.0. The van der Waals surface area contributed by atoms with Crippen molar-refractivity contribution in [3.63, 3.8) is 0 Å². The first-order chi connectivity index (χ1) is 10.8. The van der Waals surface area contributed by atoms with E-state index >= 15 is 0 Å². The Balaban J connectivity index is 1.49. The van der Waals surface area contributed by atoms with Crippen molar-refractivity contribution < 1.29 is 14.3 Å². The number of aromatic amines is 1. The average molecular weight is 303 g/mol. The Kier molecular flexibility index (Phi) is 4.71. The summed E-state index contributed by atoms with van der Waals surface area (Å²) >= 11 is 0. The molecule has 1 aromatic heterocycles.